The second kappa shape index (κ2) is 6.50. The van der Waals surface area contributed by atoms with Crippen molar-refractivity contribution in [3.63, 3.8) is 0 Å². The predicted molar refractivity (Wildman–Crippen MR) is 70.3 cm³/mol. The zero-order valence-electron chi connectivity index (χ0n) is 10.5. The molecule has 18 heavy (non-hydrogen) atoms. The topological polar surface area (TPSA) is 73.2 Å². The van der Waals surface area contributed by atoms with Gasteiger partial charge in [0, 0.05) is 27.2 Å². The molecule has 0 spiro atoms. The number of nitriles is 1. The zero-order chi connectivity index (χ0) is 13.6. The normalized spacial score (nSPS) is 11.4. The molecule has 0 radical (unpaired) electrons. The highest BCUT2D eigenvalue weighted by Crippen LogP contribution is 2.02. The van der Waals surface area contributed by atoms with Gasteiger partial charge in [-0.3, -0.25) is 0 Å². The van der Waals surface area contributed by atoms with Crippen LogP contribution < -0.4 is 5.32 Å². The van der Waals surface area contributed by atoms with Crippen molar-refractivity contribution < 1.29 is 8.42 Å². The molecule has 0 saturated heterocycles. The first kappa shape index (κ1) is 14.6. The molecule has 1 aromatic carbocycles. The van der Waals surface area contributed by atoms with Crippen LogP contribution >= 0.6 is 0 Å². The fourth-order valence-electron chi connectivity index (χ4n) is 1.31. The second-order valence-electron chi connectivity index (χ2n) is 4.08. The first-order chi connectivity index (χ1) is 8.45. The molecule has 1 N–H and O–H groups in total. The van der Waals surface area contributed by atoms with Gasteiger partial charge in [0.2, 0.25) is 10.0 Å². The molecule has 6 heteroatoms. The molecule has 0 heterocycles. The van der Waals surface area contributed by atoms with Crippen LogP contribution in [-0.2, 0) is 16.6 Å². The molecule has 98 valence electrons. The summed E-state index contributed by atoms with van der Waals surface area (Å²) in [4.78, 5) is 0. The summed E-state index contributed by atoms with van der Waals surface area (Å²) in [5.74, 6) is 0.0796. The Morgan fingerprint density at radius 3 is 2.39 bits per heavy atom. The molecule has 0 aliphatic carbocycles. The number of nitrogens with one attached hydrogen (secondary N) is 1. The highest BCUT2D eigenvalue weighted by atomic mass is 32.2. The maximum absolute atomic E-state index is 11.5. The number of hydrogen-bond acceptors (Lipinski definition) is 4. The Hall–Kier alpha value is -1.42. The standard InChI is InChI=1S/C12H17N3O2S/c1-15(2)18(16,17)8-7-14-10-12-5-3-11(9-13)4-6-12/h3-6,14H,7-8,10H2,1-2H3. The minimum Gasteiger partial charge on any atom is -0.312 e. The Morgan fingerprint density at radius 1 is 1.28 bits per heavy atom. The molecule has 0 atom stereocenters. The van der Waals surface area contributed by atoms with Crippen LogP contribution in [0.2, 0.25) is 0 Å². The van der Waals surface area contributed by atoms with E-state index in [2.05, 4.69) is 5.32 Å². The van der Waals surface area contributed by atoms with E-state index in [9.17, 15) is 8.42 Å². The lowest BCUT2D eigenvalue weighted by molar-refractivity contribution is 0.517. The quantitative estimate of drug-likeness (QED) is 0.763. The fraction of sp³-hybridized carbons (Fsp3) is 0.417. The van der Waals surface area contributed by atoms with Gasteiger partial charge in [0.1, 0.15) is 0 Å². The molecule has 5 nitrogen and oxygen atoms in total. The largest absolute Gasteiger partial charge is 0.312 e. The van der Waals surface area contributed by atoms with Crippen LogP contribution in [-0.4, -0.2) is 39.1 Å². The monoisotopic (exact) mass is 267 g/mol. The summed E-state index contributed by atoms with van der Waals surface area (Å²) in [7, 11) is -0.0880. The van der Waals surface area contributed by atoms with Gasteiger partial charge < -0.3 is 5.32 Å². The summed E-state index contributed by atoms with van der Waals surface area (Å²) < 4.78 is 24.2. The van der Waals surface area contributed by atoms with E-state index in [1.807, 2.05) is 18.2 Å². The molecule has 0 aliphatic heterocycles. The average molecular weight is 267 g/mol. The van der Waals surface area contributed by atoms with E-state index in [4.69, 9.17) is 5.26 Å². The van der Waals surface area contributed by atoms with Gasteiger partial charge in [-0.25, -0.2) is 12.7 Å². The zero-order valence-corrected chi connectivity index (χ0v) is 11.4. The Bertz CT molecular complexity index is 515. The number of hydrogen-bond donors (Lipinski definition) is 1. The van der Waals surface area contributed by atoms with Gasteiger partial charge in [-0.1, -0.05) is 12.1 Å². The smallest absolute Gasteiger partial charge is 0.214 e. The number of benzene rings is 1. The summed E-state index contributed by atoms with van der Waals surface area (Å²) in [5.41, 5.74) is 1.64. The Kier molecular flexibility index (Phi) is 5.28. The molecule has 1 rings (SSSR count). The minimum absolute atomic E-state index is 0.0796. The van der Waals surface area contributed by atoms with Gasteiger partial charge in [-0.2, -0.15) is 5.26 Å². The molecule has 0 aliphatic rings. The van der Waals surface area contributed by atoms with E-state index in [1.54, 1.807) is 12.1 Å². The summed E-state index contributed by atoms with van der Waals surface area (Å²) >= 11 is 0. The highest BCUT2D eigenvalue weighted by Gasteiger charge is 2.12. The first-order valence-electron chi connectivity index (χ1n) is 5.55. The van der Waals surface area contributed by atoms with Crippen molar-refractivity contribution >= 4 is 10.0 Å². The maximum Gasteiger partial charge on any atom is 0.214 e. The third-order valence-electron chi connectivity index (χ3n) is 2.51. The molecule has 0 unspecified atom stereocenters. The van der Waals surface area contributed by atoms with Crippen molar-refractivity contribution in [3.05, 3.63) is 35.4 Å². The van der Waals surface area contributed by atoms with E-state index in [0.717, 1.165) is 5.56 Å². The molecular formula is C12H17N3O2S. The van der Waals surface area contributed by atoms with Gasteiger partial charge in [0.25, 0.3) is 0 Å². The lowest BCUT2D eigenvalue weighted by atomic mass is 10.1. The number of sulfonamides is 1. The molecular weight excluding hydrogens is 250 g/mol. The van der Waals surface area contributed by atoms with Crippen LogP contribution in [0.25, 0.3) is 0 Å². The summed E-state index contributed by atoms with van der Waals surface area (Å²) in [6, 6.07) is 9.24. The van der Waals surface area contributed by atoms with E-state index in [0.29, 0.717) is 18.7 Å². The van der Waals surface area contributed by atoms with Gasteiger partial charge in [-0.05, 0) is 17.7 Å². The van der Waals surface area contributed by atoms with Crippen molar-refractivity contribution in [3.8, 4) is 6.07 Å². The van der Waals surface area contributed by atoms with Crippen molar-refractivity contribution in [2.45, 2.75) is 6.54 Å². The van der Waals surface area contributed by atoms with Crippen molar-refractivity contribution in [1.82, 2.24) is 9.62 Å². The fourth-order valence-corrected chi connectivity index (χ4v) is 2.08. The van der Waals surface area contributed by atoms with Gasteiger partial charge in [0.05, 0.1) is 17.4 Å². The highest BCUT2D eigenvalue weighted by molar-refractivity contribution is 7.89. The Labute approximate surface area is 108 Å². The minimum atomic E-state index is -3.14. The van der Waals surface area contributed by atoms with Crippen molar-refractivity contribution in [2.75, 3.05) is 26.4 Å². The SMILES string of the molecule is CN(C)S(=O)(=O)CCNCc1ccc(C#N)cc1. The lowest BCUT2D eigenvalue weighted by Crippen LogP contribution is -2.30. The second-order valence-corrected chi connectivity index (χ2v) is 6.39. The van der Waals surface area contributed by atoms with Crippen LogP contribution in [0.1, 0.15) is 11.1 Å². The van der Waals surface area contributed by atoms with E-state index >= 15 is 0 Å². The van der Waals surface area contributed by atoms with Crippen LogP contribution in [0.15, 0.2) is 24.3 Å². The van der Waals surface area contributed by atoms with Crippen LogP contribution in [0.5, 0.6) is 0 Å². The number of nitrogens with zero attached hydrogens (tertiary/aromatic N) is 2. The van der Waals surface area contributed by atoms with E-state index in [-0.39, 0.29) is 5.75 Å². The first-order valence-corrected chi connectivity index (χ1v) is 7.16. The van der Waals surface area contributed by atoms with Gasteiger partial charge >= 0.3 is 0 Å². The average Bonchev–Trinajstić information content (AvgIpc) is 2.35. The molecule has 0 aromatic heterocycles. The van der Waals surface area contributed by atoms with Gasteiger partial charge in [0.15, 0.2) is 0 Å². The predicted octanol–water partition coefficient (Wildman–Crippen LogP) is 0.539. The van der Waals surface area contributed by atoms with E-state index in [1.165, 1.54) is 18.4 Å². The lowest BCUT2D eigenvalue weighted by Gasteiger charge is -2.11. The number of rotatable bonds is 6. The molecule has 0 amide bonds. The summed E-state index contributed by atoms with van der Waals surface area (Å²) in [6.07, 6.45) is 0. The van der Waals surface area contributed by atoms with Crippen LogP contribution in [0.4, 0.5) is 0 Å². The summed E-state index contributed by atoms with van der Waals surface area (Å²) in [6.45, 7) is 0.995. The third-order valence-corrected chi connectivity index (χ3v) is 4.34. The third kappa shape index (κ3) is 4.45. The maximum atomic E-state index is 11.5. The molecule has 0 saturated carbocycles. The summed E-state index contributed by atoms with van der Waals surface area (Å²) in [5, 5.41) is 11.7. The van der Waals surface area contributed by atoms with Crippen LogP contribution in [0, 0.1) is 11.3 Å². The van der Waals surface area contributed by atoms with E-state index < -0.39 is 10.0 Å². The molecule has 0 fully saturated rings. The van der Waals surface area contributed by atoms with Crippen molar-refractivity contribution in [1.29, 1.82) is 5.26 Å². The molecule has 0 bridgehead atoms. The Morgan fingerprint density at radius 2 is 1.89 bits per heavy atom. The van der Waals surface area contributed by atoms with Crippen molar-refractivity contribution in [2.24, 2.45) is 0 Å². The van der Waals surface area contributed by atoms with Crippen LogP contribution in [0.3, 0.4) is 0 Å². The molecule has 1 aromatic rings. The van der Waals surface area contributed by atoms with Gasteiger partial charge in [-0.15, -0.1) is 0 Å². The Balaban J connectivity index is 2.36.